The summed E-state index contributed by atoms with van der Waals surface area (Å²) in [5.41, 5.74) is 7.03. The lowest BCUT2D eigenvalue weighted by atomic mass is 10.1. The second kappa shape index (κ2) is 5.53. The van der Waals surface area contributed by atoms with Crippen LogP contribution in [0.2, 0.25) is 0 Å². The van der Waals surface area contributed by atoms with Gasteiger partial charge in [-0.25, -0.2) is 0 Å². The number of hydrogen-bond donors (Lipinski definition) is 1. The molecule has 0 radical (unpaired) electrons. The van der Waals surface area contributed by atoms with E-state index in [1.54, 1.807) is 0 Å². The van der Waals surface area contributed by atoms with Crippen molar-refractivity contribution in [2.45, 2.75) is 24.9 Å². The zero-order valence-electron chi connectivity index (χ0n) is 12.4. The van der Waals surface area contributed by atoms with Crippen molar-refractivity contribution in [2.24, 2.45) is 0 Å². The van der Waals surface area contributed by atoms with Crippen LogP contribution in [-0.2, 0) is 4.74 Å². The lowest BCUT2D eigenvalue weighted by Gasteiger charge is -2.33. The molecule has 22 heavy (non-hydrogen) atoms. The van der Waals surface area contributed by atoms with E-state index in [2.05, 4.69) is 32.0 Å². The summed E-state index contributed by atoms with van der Waals surface area (Å²) in [6.07, 6.45) is 2.34. The van der Waals surface area contributed by atoms with Gasteiger partial charge in [-0.2, -0.15) is 15.0 Å². The summed E-state index contributed by atoms with van der Waals surface area (Å²) in [5.74, 6) is 2.30. The Morgan fingerprint density at radius 2 is 1.91 bits per heavy atom. The molecule has 2 aromatic rings. The molecule has 6 heteroatoms. The van der Waals surface area contributed by atoms with Crippen LogP contribution in [-0.4, -0.2) is 34.6 Å². The number of rotatable bonds is 3. The fourth-order valence-corrected chi connectivity index (χ4v) is 2.76. The van der Waals surface area contributed by atoms with Crippen molar-refractivity contribution in [3.63, 3.8) is 0 Å². The van der Waals surface area contributed by atoms with Crippen molar-refractivity contribution in [1.29, 1.82) is 0 Å². The van der Waals surface area contributed by atoms with Gasteiger partial charge in [-0.15, -0.1) is 0 Å². The minimum absolute atomic E-state index is 0.0392. The summed E-state index contributed by atoms with van der Waals surface area (Å²) in [4.78, 5) is 15.3. The molecular weight excluding hydrogens is 278 g/mol. The summed E-state index contributed by atoms with van der Waals surface area (Å²) in [6.45, 7) is 2.17. The molecular formula is C16H19N5O. The number of nitrogens with two attached hydrogens (primary N) is 1. The van der Waals surface area contributed by atoms with E-state index in [4.69, 9.17) is 10.5 Å². The Morgan fingerprint density at radius 1 is 1.09 bits per heavy atom. The van der Waals surface area contributed by atoms with Crippen LogP contribution in [0.5, 0.6) is 0 Å². The lowest BCUT2D eigenvalue weighted by Crippen LogP contribution is -2.39. The van der Waals surface area contributed by atoms with Crippen molar-refractivity contribution in [2.75, 3.05) is 30.3 Å². The molecule has 1 aromatic carbocycles. The van der Waals surface area contributed by atoms with Crippen LogP contribution in [0.15, 0.2) is 30.3 Å². The number of aromatic nitrogens is 3. The Hall–Kier alpha value is -2.21. The zero-order chi connectivity index (χ0) is 14.9. The fraction of sp³-hybridized carbons (Fsp3) is 0.438. The minimum Gasteiger partial charge on any atom is -0.370 e. The molecule has 1 aliphatic carbocycles. The second-order valence-electron chi connectivity index (χ2n) is 5.84. The van der Waals surface area contributed by atoms with Gasteiger partial charge >= 0.3 is 0 Å². The first-order chi connectivity index (χ1) is 10.8. The zero-order valence-corrected chi connectivity index (χ0v) is 12.4. The molecule has 2 N–H and O–H groups in total. The van der Waals surface area contributed by atoms with Crippen LogP contribution >= 0.6 is 0 Å². The van der Waals surface area contributed by atoms with Crippen LogP contribution in [0, 0.1) is 0 Å². The second-order valence-corrected chi connectivity index (χ2v) is 5.84. The van der Waals surface area contributed by atoms with E-state index in [0.717, 1.165) is 31.8 Å². The maximum Gasteiger partial charge on any atom is 0.230 e. The monoisotopic (exact) mass is 297 g/mol. The van der Waals surface area contributed by atoms with Crippen LogP contribution in [0.4, 0.5) is 11.9 Å². The smallest absolute Gasteiger partial charge is 0.230 e. The van der Waals surface area contributed by atoms with Gasteiger partial charge in [-0.1, -0.05) is 30.3 Å². The normalized spacial score (nSPS) is 21.8. The molecule has 2 heterocycles. The molecule has 0 spiro atoms. The maximum absolute atomic E-state index is 5.89. The van der Waals surface area contributed by atoms with Gasteiger partial charge in [-0.3, -0.25) is 0 Å². The lowest BCUT2D eigenvalue weighted by molar-refractivity contribution is 0.0392. The molecule has 1 aromatic heterocycles. The average Bonchev–Trinajstić information content (AvgIpc) is 3.40. The molecule has 114 valence electrons. The molecule has 1 unspecified atom stereocenters. The molecule has 4 rings (SSSR count). The van der Waals surface area contributed by atoms with Gasteiger partial charge < -0.3 is 15.4 Å². The number of morpholine rings is 1. The van der Waals surface area contributed by atoms with Crippen molar-refractivity contribution in [3.8, 4) is 0 Å². The highest BCUT2D eigenvalue weighted by Gasteiger charge is 2.29. The van der Waals surface area contributed by atoms with Gasteiger partial charge in [0.2, 0.25) is 11.9 Å². The number of anilines is 2. The third kappa shape index (κ3) is 2.74. The predicted molar refractivity (Wildman–Crippen MR) is 83.6 cm³/mol. The van der Waals surface area contributed by atoms with Gasteiger partial charge in [-0.05, 0) is 18.4 Å². The van der Waals surface area contributed by atoms with Gasteiger partial charge in [0.1, 0.15) is 11.9 Å². The van der Waals surface area contributed by atoms with E-state index < -0.39 is 0 Å². The third-order valence-electron chi connectivity index (χ3n) is 4.12. The van der Waals surface area contributed by atoms with E-state index in [9.17, 15) is 0 Å². The molecule has 0 bridgehead atoms. The Bertz CT molecular complexity index is 659. The van der Waals surface area contributed by atoms with Gasteiger partial charge in [0.05, 0.1) is 13.2 Å². The summed E-state index contributed by atoms with van der Waals surface area (Å²) in [6, 6.07) is 10.3. The molecule has 0 amide bonds. The molecule has 6 nitrogen and oxygen atoms in total. The summed E-state index contributed by atoms with van der Waals surface area (Å²) < 4.78 is 5.89. The largest absolute Gasteiger partial charge is 0.370 e. The Labute approximate surface area is 129 Å². The third-order valence-corrected chi connectivity index (χ3v) is 4.12. The number of hydrogen-bond acceptors (Lipinski definition) is 6. The average molecular weight is 297 g/mol. The van der Waals surface area contributed by atoms with Crippen molar-refractivity contribution in [3.05, 3.63) is 41.7 Å². The van der Waals surface area contributed by atoms with Crippen LogP contribution in [0.25, 0.3) is 0 Å². The summed E-state index contributed by atoms with van der Waals surface area (Å²) in [7, 11) is 0. The molecule has 1 aliphatic heterocycles. The standard InChI is InChI=1S/C16H19N5O/c17-15-18-14(12-6-7-12)19-16(20-15)21-8-9-22-13(10-21)11-4-2-1-3-5-11/h1-5,12-13H,6-10H2,(H2,17,18,19,20). The van der Waals surface area contributed by atoms with E-state index in [0.29, 0.717) is 24.4 Å². The summed E-state index contributed by atoms with van der Waals surface area (Å²) in [5, 5.41) is 0. The Morgan fingerprint density at radius 3 is 2.68 bits per heavy atom. The van der Waals surface area contributed by atoms with Crippen LogP contribution in [0.3, 0.4) is 0 Å². The molecule has 1 saturated carbocycles. The first kappa shape index (κ1) is 13.5. The van der Waals surface area contributed by atoms with Gasteiger partial charge in [0.15, 0.2) is 0 Å². The number of ether oxygens (including phenoxy) is 1. The highest BCUT2D eigenvalue weighted by Crippen LogP contribution is 2.38. The van der Waals surface area contributed by atoms with Gasteiger partial charge in [0, 0.05) is 12.5 Å². The van der Waals surface area contributed by atoms with Crippen molar-refractivity contribution in [1.82, 2.24) is 15.0 Å². The quantitative estimate of drug-likeness (QED) is 0.932. The first-order valence-electron chi connectivity index (χ1n) is 7.72. The van der Waals surface area contributed by atoms with Crippen molar-refractivity contribution < 1.29 is 4.74 Å². The molecule has 2 fully saturated rings. The van der Waals surface area contributed by atoms with E-state index in [-0.39, 0.29) is 6.10 Å². The van der Waals surface area contributed by atoms with Crippen LogP contribution in [0.1, 0.15) is 36.3 Å². The molecule has 1 saturated heterocycles. The number of benzene rings is 1. The minimum atomic E-state index is 0.0392. The molecule has 2 aliphatic rings. The van der Waals surface area contributed by atoms with E-state index in [1.165, 1.54) is 5.56 Å². The number of nitrogen functional groups attached to an aromatic ring is 1. The maximum atomic E-state index is 5.89. The molecule has 1 atom stereocenters. The Balaban J connectivity index is 1.57. The topological polar surface area (TPSA) is 77.2 Å². The predicted octanol–water partition coefficient (Wildman–Crippen LogP) is 1.91. The van der Waals surface area contributed by atoms with E-state index in [1.807, 2.05) is 18.2 Å². The fourth-order valence-electron chi connectivity index (χ4n) is 2.76. The van der Waals surface area contributed by atoms with Gasteiger partial charge in [0.25, 0.3) is 0 Å². The van der Waals surface area contributed by atoms with Crippen LogP contribution < -0.4 is 10.6 Å². The number of nitrogens with zero attached hydrogens (tertiary/aromatic N) is 4. The summed E-state index contributed by atoms with van der Waals surface area (Å²) >= 11 is 0. The first-order valence-corrected chi connectivity index (χ1v) is 7.72. The highest BCUT2D eigenvalue weighted by atomic mass is 16.5. The SMILES string of the molecule is Nc1nc(C2CC2)nc(N2CCOC(c3ccccc3)C2)n1. The van der Waals surface area contributed by atoms with E-state index >= 15 is 0 Å². The van der Waals surface area contributed by atoms with Crippen molar-refractivity contribution >= 4 is 11.9 Å². The highest BCUT2D eigenvalue weighted by molar-refractivity contribution is 5.37. The Kier molecular flexibility index (Phi) is 3.38.